The lowest BCUT2D eigenvalue weighted by Crippen LogP contribution is -2.31. The van der Waals surface area contributed by atoms with Gasteiger partial charge in [-0.25, -0.2) is 4.39 Å². The standard InChI is InChI=1S/C11H14FN3/c1-13-9-5-2-4-8(12)10(9)11-14-6-3-7-15-11/h2,4-5,13H,3,6-7H2,1H3,(H,14,15). The number of halogens is 1. The molecule has 0 atom stereocenters. The van der Waals surface area contributed by atoms with Crippen LogP contribution in [-0.2, 0) is 0 Å². The molecule has 0 bridgehead atoms. The monoisotopic (exact) mass is 207 g/mol. The Kier molecular flexibility index (Phi) is 2.85. The van der Waals surface area contributed by atoms with Crippen molar-refractivity contribution < 1.29 is 4.39 Å². The Morgan fingerprint density at radius 2 is 2.33 bits per heavy atom. The average molecular weight is 207 g/mol. The number of amidine groups is 1. The first-order chi connectivity index (χ1) is 7.33. The third-order valence-electron chi connectivity index (χ3n) is 2.42. The molecule has 0 aliphatic carbocycles. The second-order valence-electron chi connectivity index (χ2n) is 3.42. The van der Waals surface area contributed by atoms with E-state index in [1.165, 1.54) is 6.07 Å². The van der Waals surface area contributed by atoms with Crippen molar-refractivity contribution in [1.82, 2.24) is 5.32 Å². The van der Waals surface area contributed by atoms with Gasteiger partial charge in [0.1, 0.15) is 11.7 Å². The predicted molar refractivity (Wildman–Crippen MR) is 60.0 cm³/mol. The lowest BCUT2D eigenvalue weighted by atomic mass is 10.1. The third-order valence-corrected chi connectivity index (χ3v) is 2.42. The average Bonchev–Trinajstić information content (AvgIpc) is 2.29. The highest BCUT2D eigenvalue weighted by atomic mass is 19.1. The largest absolute Gasteiger partial charge is 0.387 e. The van der Waals surface area contributed by atoms with Gasteiger partial charge in [0.05, 0.1) is 5.56 Å². The summed E-state index contributed by atoms with van der Waals surface area (Å²) in [5.41, 5.74) is 1.31. The van der Waals surface area contributed by atoms with Gasteiger partial charge in [-0.15, -0.1) is 0 Å². The summed E-state index contributed by atoms with van der Waals surface area (Å²) in [7, 11) is 1.78. The molecule has 1 aliphatic heterocycles. The van der Waals surface area contributed by atoms with E-state index in [2.05, 4.69) is 15.6 Å². The second kappa shape index (κ2) is 4.29. The molecule has 0 amide bonds. The summed E-state index contributed by atoms with van der Waals surface area (Å²) in [6.07, 6.45) is 1.01. The predicted octanol–water partition coefficient (Wildman–Crippen LogP) is 1.61. The highest BCUT2D eigenvalue weighted by molar-refractivity contribution is 6.04. The Hall–Kier alpha value is -1.58. The first-order valence-corrected chi connectivity index (χ1v) is 5.08. The van der Waals surface area contributed by atoms with Gasteiger partial charge in [-0.1, -0.05) is 6.07 Å². The van der Waals surface area contributed by atoms with Crippen LogP contribution in [0.4, 0.5) is 10.1 Å². The van der Waals surface area contributed by atoms with E-state index < -0.39 is 0 Å². The molecule has 1 aromatic rings. The van der Waals surface area contributed by atoms with Gasteiger partial charge in [0.2, 0.25) is 0 Å². The van der Waals surface area contributed by atoms with Gasteiger partial charge >= 0.3 is 0 Å². The van der Waals surface area contributed by atoms with Crippen molar-refractivity contribution in [3.05, 3.63) is 29.6 Å². The lowest BCUT2D eigenvalue weighted by Gasteiger charge is -2.17. The molecule has 1 aromatic carbocycles. The molecule has 1 aliphatic rings. The topological polar surface area (TPSA) is 36.4 Å². The van der Waals surface area contributed by atoms with Crippen LogP contribution in [-0.4, -0.2) is 26.0 Å². The maximum atomic E-state index is 13.7. The van der Waals surface area contributed by atoms with Crippen LogP contribution in [0, 0.1) is 5.82 Å². The molecule has 0 saturated carbocycles. The highest BCUT2D eigenvalue weighted by Crippen LogP contribution is 2.19. The number of hydrogen-bond donors (Lipinski definition) is 2. The summed E-state index contributed by atoms with van der Waals surface area (Å²) in [5, 5.41) is 6.09. The normalized spacial score (nSPS) is 15.5. The van der Waals surface area contributed by atoms with Crippen LogP contribution < -0.4 is 10.6 Å². The fourth-order valence-electron chi connectivity index (χ4n) is 1.67. The second-order valence-corrected chi connectivity index (χ2v) is 3.42. The van der Waals surface area contributed by atoms with Crippen LogP contribution in [0.2, 0.25) is 0 Å². The molecule has 2 rings (SSSR count). The molecule has 0 aromatic heterocycles. The number of hydrogen-bond acceptors (Lipinski definition) is 3. The molecule has 1 heterocycles. The first-order valence-electron chi connectivity index (χ1n) is 5.08. The fraction of sp³-hybridized carbons (Fsp3) is 0.364. The summed E-state index contributed by atoms with van der Waals surface area (Å²) in [5.74, 6) is 0.415. The molecule has 0 fully saturated rings. The molecule has 4 heteroatoms. The summed E-state index contributed by atoms with van der Waals surface area (Å²) in [6.45, 7) is 1.62. The van der Waals surface area contributed by atoms with Crippen LogP contribution in [0.3, 0.4) is 0 Å². The molecule has 0 saturated heterocycles. The number of anilines is 1. The minimum absolute atomic E-state index is 0.241. The Morgan fingerprint density at radius 1 is 1.47 bits per heavy atom. The Morgan fingerprint density at radius 3 is 3.00 bits per heavy atom. The molecular weight excluding hydrogens is 193 g/mol. The minimum atomic E-state index is -0.241. The van der Waals surface area contributed by atoms with Crippen molar-refractivity contribution in [2.75, 3.05) is 25.5 Å². The molecule has 0 spiro atoms. The maximum absolute atomic E-state index is 13.7. The summed E-state index contributed by atoms with van der Waals surface area (Å²) in [6, 6.07) is 4.99. The van der Waals surface area contributed by atoms with E-state index in [0.29, 0.717) is 11.4 Å². The van der Waals surface area contributed by atoms with Gasteiger partial charge in [-0.2, -0.15) is 0 Å². The Labute approximate surface area is 88.4 Å². The number of aliphatic imine (C=N–C) groups is 1. The SMILES string of the molecule is CNc1cccc(F)c1C1=NCCCN1. The highest BCUT2D eigenvalue weighted by Gasteiger charge is 2.15. The van der Waals surface area contributed by atoms with Gasteiger partial charge in [0.25, 0.3) is 0 Å². The maximum Gasteiger partial charge on any atom is 0.136 e. The molecule has 80 valence electrons. The summed E-state index contributed by atoms with van der Waals surface area (Å²) < 4.78 is 13.7. The van der Waals surface area contributed by atoms with E-state index in [1.54, 1.807) is 13.1 Å². The van der Waals surface area contributed by atoms with Crippen LogP contribution in [0.25, 0.3) is 0 Å². The van der Waals surface area contributed by atoms with Crippen molar-refractivity contribution in [3.8, 4) is 0 Å². The van der Waals surface area contributed by atoms with Gasteiger partial charge in [-0.3, -0.25) is 4.99 Å². The Bertz CT molecular complexity index is 387. The van der Waals surface area contributed by atoms with E-state index in [9.17, 15) is 4.39 Å². The molecular formula is C11H14FN3. The van der Waals surface area contributed by atoms with E-state index in [1.807, 2.05) is 6.07 Å². The minimum Gasteiger partial charge on any atom is -0.387 e. The van der Waals surface area contributed by atoms with E-state index in [4.69, 9.17) is 0 Å². The number of benzene rings is 1. The van der Waals surface area contributed by atoms with Gasteiger partial charge in [-0.05, 0) is 18.6 Å². The molecule has 15 heavy (non-hydrogen) atoms. The quantitative estimate of drug-likeness (QED) is 0.773. The lowest BCUT2D eigenvalue weighted by molar-refractivity contribution is 0.622. The van der Waals surface area contributed by atoms with Crippen molar-refractivity contribution >= 4 is 11.5 Å². The fourth-order valence-corrected chi connectivity index (χ4v) is 1.67. The first kappa shape index (κ1) is 9.96. The van der Waals surface area contributed by atoms with Crippen LogP contribution in [0.1, 0.15) is 12.0 Å². The van der Waals surface area contributed by atoms with Gasteiger partial charge < -0.3 is 10.6 Å². The number of nitrogens with one attached hydrogen (secondary N) is 2. The summed E-state index contributed by atoms with van der Waals surface area (Å²) in [4.78, 5) is 4.29. The molecule has 0 radical (unpaired) electrons. The summed E-state index contributed by atoms with van der Waals surface area (Å²) >= 11 is 0. The Balaban J connectivity index is 2.45. The zero-order valence-corrected chi connectivity index (χ0v) is 8.68. The number of rotatable bonds is 2. The van der Waals surface area contributed by atoms with E-state index in [0.717, 1.165) is 25.2 Å². The van der Waals surface area contributed by atoms with Crippen molar-refractivity contribution in [3.63, 3.8) is 0 Å². The zero-order valence-electron chi connectivity index (χ0n) is 8.68. The van der Waals surface area contributed by atoms with Gasteiger partial charge in [0.15, 0.2) is 0 Å². The van der Waals surface area contributed by atoms with E-state index >= 15 is 0 Å². The number of nitrogens with zero attached hydrogens (tertiary/aromatic N) is 1. The van der Waals surface area contributed by atoms with Gasteiger partial charge in [0, 0.05) is 25.8 Å². The zero-order chi connectivity index (χ0) is 10.7. The third kappa shape index (κ3) is 1.93. The van der Waals surface area contributed by atoms with Crippen molar-refractivity contribution in [1.29, 1.82) is 0 Å². The van der Waals surface area contributed by atoms with Crippen LogP contribution in [0.5, 0.6) is 0 Å². The van der Waals surface area contributed by atoms with Crippen molar-refractivity contribution in [2.45, 2.75) is 6.42 Å². The van der Waals surface area contributed by atoms with E-state index in [-0.39, 0.29) is 5.82 Å². The van der Waals surface area contributed by atoms with Crippen molar-refractivity contribution in [2.24, 2.45) is 4.99 Å². The molecule has 3 nitrogen and oxygen atoms in total. The molecule has 2 N–H and O–H groups in total. The smallest absolute Gasteiger partial charge is 0.136 e. The molecule has 0 unspecified atom stereocenters. The van der Waals surface area contributed by atoms with Crippen LogP contribution >= 0.6 is 0 Å². The van der Waals surface area contributed by atoms with Crippen LogP contribution in [0.15, 0.2) is 23.2 Å².